The van der Waals surface area contributed by atoms with E-state index < -0.39 is 0 Å². The molecule has 4 rings (SSSR count). The van der Waals surface area contributed by atoms with Gasteiger partial charge in [-0.15, -0.1) is 0 Å². The Balaban J connectivity index is 1.64. The van der Waals surface area contributed by atoms with Crippen molar-refractivity contribution in [1.82, 2.24) is 0 Å². The molecule has 1 N–H and O–H groups in total. The van der Waals surface area contributed by atoms with Crippen molar-refractivity contribution in [2.45, 2.75) is 63.4 Å². The van der Waals surface area contributed by atoms with Gasteiger partial charge in [0.25, 0.3) is 0 Å². The monoisotopic (exact) mass is 300 g/mol. The number of aliphatic hydroxyl groups is 1. The van der Waals surface area contributed by atoms with E-state index in [4.69, 9.17) is 4.74 Å². The van der Waals surface area contributed by atoms with E-state index in [0.29, 0.717) is 5.92 Å². The lowest BCUT2D eigenvalue weighted by Gasteiger charge is -2.46. The zero-order valence-electron chi connectivity index (χ0n) is 13.8. The van der Waals surface area contributed by atoms with Crippen LogP contribution in [0.4, 0.5) is 0 Å². The van der Waals surface area contributed by atoms with Crippen LogP contribution in [0.2, 0.25) is 0 Å². The molecule has 22 heavy (non-hydrogen) atoms. The number of rotatable bonds is 2. The van der Waals surface area contributed by atoms with E-state index in [9.17, 15) is 5.11 Å². The summed E-state index contributed by atoms with van der Waals surface area (Å²) in [6.45, 7) is 2.16. The highest BCUT2D eigenvalue weighted by Gasteiger charge is 2.53. The summed E-state index contributed by atoms with van der Waals surface area (Å²) < 4.78 is 5.39. The Hall–Kier alpha value is -1.02. The minimum absolute atomic E-state index is 0.365. The molecule has 0 saturated heterocycles. The van der Waals surface area contributed by atoms with E-state index in [1.165, 1.54) is 37.7 Å². The lowest BCUT2D eigenvalue weighted by molar-refractivity contribution is -0.0378. The highest BCUT2D eigenvalue weighted by molar-refractivity contribution is 5.40. The summed E-state index contributed by atoms with van der Waals surface area (Å²) in [7, 11) is 1.75. The smallest absolute Gasteiger partial charge is 0.119 e. The van der Waals surface area contributed by atoms with Gasteiger partial charge in [0.15, 0.2) is 0 Å². The molecule has 3 aliphatic carbocycles. The predicted molar refractivity (Wildman–Crippen MR) is 88.2 cm³/mol. The topological polar surface area (TPSA) is 29.5 Å². The van der Waals surface area contributed by atoms with Gasteiger partial charge in [-0.1, -0.05) is 13.0 Å². The second kappa shape index (κ2) is 5.26. The molecule has 0 spiro atoms. The van der Waals surface area contributed by atoms with Gasteiger partial charge < -0.3 is 9.84 Å². The second-order valence-corrected chi connectivity index (χ2v) is 7.72. The molecule has 120 valence electrons. The molecule has 2 nitrogen and oxygen atoms in total. The quantitative estimate of drug-likeness (QED) is 0.882. The van der Waals surface area contributed by atoms with Crippen LogP contribution in [0.3, 0.4) is 0 Å². The molecule has 1 aromatic rings. The molecule has 0 bridgehead atoms. The van der Waals surface area contributed by atoms with Crippen LogP contribution >= 0.6 is 0 Å². The van der Waals surface area contributed by atoms with Crippen molar-refractivity contribution >= 4 is 0 Å². The molecule has 0 aromatic heterocycles. The van der Waals surface area contributed by atoms with Gasteiger partial charge in [0.2, 0.25) is 0 Å². The van der Waals surface area contributed by atoms with Gasteiger partial charge in [-0.25, -0.2) is 0 Å². The fourth-order valence-corrected chi connectivity index (χ4v) is 5.92. The molecule has 5 unspecified atom stereocenters. The fraction of sp³-hybridized carbons (Fsp3) is 0.700. The van der Waals surface area contributed by atoms with Gasteiger partial charge in [0.05, 0.1) is 12.7 Å². The Morgan fingerprint density at radius 1 is 1.18 bits per heavy atom. The van der Waals surface area contributed by atoms with Crippen molar-refractivity contribution in [3.05, 3.63) is 29.3 Å². The van der Waals surface area contributed by atoms with Crippen LogP contribution in [-0.4, -0.2) is 17.8 Å². The number of fused-ring (bicyclic) bond motifs is 5. The highest BCUT2D eigenvalue weighted by Crippen LogP contribution is 2.58. The summed E-state index contributed by atoms with van der Waals surface area (Å²) in [5.41, 5.74) is 2.71. The van der Waals surface area contributed by atoms with Gasteiger partial charge in [0, 0.05) is 0 Å². The minimum atomic E-state index is -0.365. The average Bonchev–Trinajstić information content (AvgIpc) is 2.92. The molecule has 2 saturated carbocycles. The summed E-state index contributed by atoms with van der Waals surface area (Å²) in [5.74, 6) is 3.81. The normalized spacial score (nSPS) is 39.8. The third kappa shape index (κ3) is 2.03. The molecular weight excluding hydrogens is 272 g/mol. The van der Waals surface area contributed by atoms with Crippen molar-refractivity contribution in [1.29, 1.82) is 0 Å². The van der Waals surface area contributed by atoms with E-state index in [0.717, 1.165) is 36.3 Å². The van der Waals surface area contributed by atoms with Crippen molar-refractivity contribution in [2.75, 3.05) is 7.11 Å². The number of ether oxygens (including phenoxy) is 1. The van der Waals surface area contributed by atoms with E-state index >= 15 is 0 Å². The Bertz CT molecular complexity index is 567. The zero-order valence-corrected chi connectivity index (χ0v) is 13.8. The maximum Gasteiger partial charge on any atom is 0.119 e. The van der Waals surface area contributed by atoms with Gasteiger partial charge in [-0.05, 0) is 91.9 Å². The molecule has 0 amide bonds. The maximum atomic E-state index is 10.9. The number of aryl methyl sites for hydroxylation is 1. The lowest BCUT2D eigenvalue weighted by atomic mass is 9.59. The third-order valence-corrected chi connectivity index (χ3v) is 7.08. The zero-order chi connectivity index (χ0) is 15.3. The van der Waals surface area contributed by atoms with Crippen LogP contribution < -0.4 is 4.74 Å². The largest absolute Gasteiger partial charge is 0.497 e. The number of hydrogen-bond donors (Lipinski definition) is 1. The van der Waals surface area contributed by atoms with Gasteiger partial charge in [-0.2, -0.15) is 0 Å². The Morgan fingerprint density at radius 3 is 2.82 bits per heavy atom. The first kappa shape index (κ1) is 14.6. The molecule has 0 radical (unpaired) electrons. The number of hydrogen-bond acceptors (Lipinski definition) is 2. The van der Waals surface area contributed by atoms with Crippen LogP contribution in [0.25, 0.3) is 0 Å². The minimum Gasteiger partial charge on any atom is -0.497 e. The van der Waals surface area contributed by atoms with Crippen molar-refractivity contribution in [3.8, 4) is 5.75 Å². The molecule has 3 aliphatic rings. The molecule has 0 aliphatic heterocycles. The summed E-state index contributed by atoms with van der Waals surface area (Å²) in [5, 5.41) is 10.9. The molecule has 2 heteroatoms. The van der Waals surface area contributed by atoms with E-state index in [2.05, 4.69) is 25.1 Å². The second-order valence-electron chi connectivity index (χ2n) is 7.72. The van der Waals surface area contributed by atoms with Gasteiger partial charge in [0.1, 0.15) is 5.75 Å². The van der Waals surface area contributed by atoms with Crippen LogP contribution in [0.5, 0.6) is 5.75 Å². The Labute approximate surface area is 133 Å². The lowest BCUT2D eigenvalue weighted by Crippen LogP contribution is -2.42. The number of methoxy groups -OCH3 is 1. The van der Waals surface area contributed by atoms with E-state index in [1.54, 1.807) is 12.7 Å². The van der Waals surface area contributed by atoms with Gasteiger partial charge >= 0.3 is 0 Å². The first-order chi connectivity index (χ1) is 10.7. The van der Waals surface area contributed by atoms with Crippen LogP contribution in [0, 0.1) is 17.8 Å². The fourth-order valence-electron chi connectivity index (χ4n) is 5.92. The van der Waals surface area contributed by atoms with E-state index in [1.807, 2.05) is 0 Å². The van der Waals surface area contributed by atoms with Crippen LogP contribution in [0.15, 0.2) is 18.2 Å². The summed E-state index contributed by atoms with van der Waals surface area (Å²) in [6, 6.07) is 6.69. The van der Waals surface area contributed by atoms with Crippen LogP contribution in [0.1, 0.15) is 62.5 Å². The highest BCUT2D eigenvalue weighted by atomic mass is 16.5. The Morgan fingerprint density at radius 2 is 2.05 bits per heavy atom. The summed E-state index contributed by atoms with van der Waals surface area (Å²) in [4.78, 5) is 0. The van der Waals surface area contributed by atoms with Gasteiger partial charge in [-0.3, -0.25) is 0 Å². The van der Waals surface area contributed by atoms with E-state index in [-0.39, 0.29) is 5.60 Å². The first-order valence-electron chi connectivity index (χ1n) is 9.05. The average molecular weight is 300 g/mol. The molecule has 2 fully saturated rings. The summed E-state index contributed by atoms with van der Waals surface area (Å²) >= 11 is 0. The van der Waals surface area contributed by atoms with Crippen molar-refractivity contribution in [2.24, 2.45) is 17.8 Å². The molecule has 5 atom stereocenters. The molecule has 1 aromatic carbocycles. The first-order valence-corrected chi connectivity index (χ1v) is 9.05. The Kier molecular flexibility index (Phi) is 3.48. The molecular formula is C20H28O2. The third-order valence-electron chi connectivity index (χ3n) is 7.08. The maximum absolute atomic E-state index is 10.9. The summed E-state index contributed by atoms with van der Waals surface area (Å²) in [6.07, 6.45) is 8.14. The molecule has 0 heterocycles. The van der Waals surface area contributed by atoms with Crippen molar-refractivity contribution < 1.29 is 9.84 Å². The SMILES string of the molecule is CCC1(O)CCC2C3CCc4cc(OC)ccc4C3CCC21. The predicted octanol–water partition coefficient (Wildman–Crippen LogP) is 4.30. The van der Waals surface area contributed by atoms with Crippen LogP contribution in [-0.2, 0) is 6.42 Å². The standard InChI is InChI=1S/C20H28O2/c1-3-20(21)11-10-18-17-6-4-13-12-14(22-2)5-7-15(13)16(17)8-9-19(18)20/h5,7,12,16-19,21H,3-4,6,8-11H2,1-2H3. The van der Waals surface area contributed by atoms with Crippen molar-refractivity contribution in [3.63, 3.8) is 0 Å². The number of benzene rings is 1.